The second-order valence-corrected chi connectivity index (χ2v) is 32.1. The van der Waals surface area contributed by atoms with Crippen molar-refractivity contribution in [1.29, 1.82) is 0 Å². The number of thiophene rings is 2. The predicted octanol–water partition coefficient (Wildman–Crippen LogP) is 29.4. The minimum atomic E-state index is 0.552. The average molecular weight is 1550 g/mol. The molecule has 0 unspecified atom stereocenters. The molecule has 0 atom stereocenters. The maximum absolute atomic E-state index is 7.01. The SMILES string of the molecule is Clc1c(-c2nc(-c3ccc(-c4ccccc4)cc3)nc(-c3cccc4c3sc3ccccc34)n2)ccc2ccccc12.c1ccc(-c2ccc(-c3nc(-c4ccc5ccccc5c4-n4c5ccccc5c5cc6ccccc6cc54)nc(-c4cccc5c4sc4ccccc45)n3)cc2)cc1.c1ccc2c(c1)Cc1cc3ccccc3cc1-2. The molecule has 0 fully saturated rings. The highest BCUT2D eigenvalue weighted by molar-refractivity contribution is 7.26. The number of hydrogen-bond acceptors (Lipinski definition) is 8. The molecule has 23 aromatic rings. The van der Waals surface area contributed by atoms with Gasteiger partial charge in [0.15, 0.2) is 34.9 Å². The Hall–Kier alpha value is -14.5. The van der Waals surface area contributed by atoms with Gasteiger partial charge in [-0.05, 0) is 144 Å². The van der Waals surface area contributed by atoms with Gasteiger partial charge >= 0.3 is 0 Å². The zero-order valence-corrected chi connectivity index (χ0v) is 65.4. The Bertz CT molecular complexity index is 7870. The van der Waals surface area contributed by atoms with Crippen LogP contribution < -0.4 is 0 Å². The molecular weight excluding hydrogens is 1480 g/mol. The van der Waals surface area contributed by atoms with Gasteiger partial charge in [0.2, 0.25) is 0 Å². The predicted molar refractivity (Wildman–Crippen MR) is 493 cm³/mol. The standard InChI is InChI=1S/C53H32N4S.C37H22ClN3S.C17H12/c1-2-13-33(14-3-1)34-25-27-36(28-26-34)51-54-52(56-53(55-51)44-22-12-21-42-41-20-9-11-24-48(41)58-50(42)44)43-30-29-35-15-6-7-18-39(35)49(43)57-46-23-10-8-19-40(46)45-31-37-16-4-5-17-38(37)32-47(45)57;38-33-27-12-5-4-11-25(27)21-22-30(33)36-39-35(26-19-17-24(18-20-26)23-9-2-1-3-10-23)40-37(41-36)31-15-8-14-29-28-13-6-7-16-32(28)42-34(29)31;1-2-6-13-11-17-15(9-12(13)5-1)10-14-7-3-4-8-16(14)17/h1-32H;1-22H;1-9,11H,10H2. The van der Waals surface area contributed by atoms with E-state index in [0.29, 0.717) is 40.0 Å². The van der Waals surface area contributed by atoms with E-state index in [-0.39, 0.29) is 0 Å². The fourth-order valence-electron chi connectivity index (χ4n) is 17.0. The van der Waals surface area contributed by atoms with Crippen LogP contribution in [-0.2, 0) is 6.42 Å². The summed E-state index contributed by atoms with van der Waals surface area (Å²) in [6, 6.07) is 137. The van der Waals surface area contributed by atoms with Gasteiger partial charge in [-0.3, -0.25) is 0 Å². The Kier molecular flexibility index (Phi) is 17.3. The van der Waals surface area contributed by atoms with Gasteiger partial charge in [0.1, 0.15) is 0 Å². The first-order valence-corrected chi connectivity index (χ1v) is 41.3. The quantitative estimate of drug-likeness (QED) is 0.143. The molecule has 0 spiro atoms. The van der Waals surface area contributed by atoms with Crippen molar-refractivity contribution >= 4 is 140 Å². The minimum Gasteiger partial charge on any atom is -0.308 e. The number of benzene rings is 18. The summed E-state index contributed by atoms with van der Waals surface area (Å²) >= 11 is 10.6. The van der Waals surface area contributed by atoms with Crippen molar-refractivity contribution in [2.75, 3.05) is 0 Å². The van der Waals surface area contributed by atoms with E-state index >= 15 is 0 Å². The van der Waals surface area contributed by atoms with E-state index < -0.39 is 0 Å². The van der Waals surface area contributed by atoms with Crippen molar-refractivity contribution in [3.05, 3.63) is 404 Å². The van der Waals surface area contributed by atoms with Gasteiger partial charge in [-0.2, -0.15) is 0 Å². The van der Waals surface area contributed by atoms with E-state index in [9.17, 15) is 0 Å². The molecule has 0 N–H and O–H groups in total. The number of fused-ring (bicyclic) bond motifs is 16. The molecule has 1 aliphatic rings. The highest BCUT2D eigenvalue weighted by Crippen LogP contribution is 2.46. The topological polar surface area (TPSA) is 82.3 Å². The van der Waals surface area contributed by atoms with E-state index in [1.165, 1.54) is 101 Å². The Labute approximate surface area is 687 Å². The van der Waals surface area contributed by atoms with Crippen LogP contribution in [0.2, 0.25) is 5.02 Å². The number of nitrogens with zero attached hydrogens (tertiary/aromatic N) is 7. The van der Waals surface area contributed by atoms with Crippen LogP contribution in [0.3, 0.4) is 0 Å². The van der Waals surface area contributed by atoms with Crippen molar-refractivity contribution < 1.29 is 0 Å². The molecule has 24 rings (SSSR count). The van der Waals surface area contributed by atoms with Crippen molar-refractivity contribution in [3.8, 4) is 107 Å². The Morgan fingerprint density at radius 2 is 0.615 bits per heavy atom. The van der Waals surface area contributed by atoms with Crippen LogP contribution in [0.5, 0.6) is 0 Å². The van der Waals surface area contributed by atoms with E-state index in [4.69, 9.17) is 41.5 Å². The van der Waals surface area contributed by atoms with Gasteiger partial charge in [0.05, 0.1) is 21.7 Å². The first-order chi connectivity index (χ1) is 57.9. The lowest BCUT2D eigenvalue weighted by Gasteiger charge is -2.17. The van der Waals surface area contributed by atoms with Crippen LogP contribution in [0, 0.1) is 0 Å². The highest BCUT2D eigenvalue weighted by atomic mass is 35.5. The maximum atomic E-state index is 7.01. The highest BCUT2D eigenvalue weighted by Gasteiger charge is 2.26. The molecule has 0 saturated heterocycles. The molecule has 5 heterocycles. The summed E-state index contributed by atoms with van der Waals surface area (Å²) in [5.41, 5.74) is 19.2. The second kappa shape index (κ2) is 29.2. The first-order valence-electron chi connectivity index (χ1n) is 39.3. The molecule has 548 valence electrons. The van der Waals surface area contributed by atoms with Gasteiger partial charge < -0.3 is 4.57 Å². The average Bonchev–Trinajstić information content (AvgIpc) is 1.65. The molecule has 117 heavy (non-hydrogen) atoms. The van der Waals surface area contributed by atoms with Crippen molar-refractivity contribution in [1.82, 2.24) is 34.5 Å². The zero-order chi connectivity index (χ0) is 77.4. The van der Waals surface area contributed by atoms with Gasteiger partial charge in [0.25, 0.3) is 0 Å². The fourth-order valence-corrected chi connectivity index (χ4v) is 19.8. The number of para-hydroxylation sites is 1. The monoisotopic (exact) mass is 1550 g/mol. The lowest BCUT2D eigenvalue weighted by Crippen LogP contribution is -2.04. The van der Waals surface area contributed by atoms with Crippen LogP contribution >= 0.6 is 34.3 Å². The molecule has 10 heteroatoms. The second-order valence-electron chi connectivity index (χ2n) is 29.7. The minimum absolute atomic E-state index is 0.552. The number of hydrogen-bond donors (Lipinski definition) is 0. The summed E-state index contributed by atoms with van der Waals surface area (Å²) < 4.78 is 7.24. The van der Waals surface area contributed by atoms with Crippen LogP contribution in [0.15, 0.2) is 388 Å². The van der Waals surface area contributed by atoms with E-state index in [0.717, 1.165) is 93.9 Å². The van der Waals surface area contributed by atoms with Crippen molar-refractivity contribution in [2.24, 2.45) is 0 Å². The maximum Gasteiger partial charge on any atom is 0.166 e. The van der Waals surface area contributed by atoms with Crippen LogP contribution in [0.25, 0.3) is 213 Å². The van der Waals surface area contributed by atoms with Crippen LogP contribution in [0.4, 0.5) is 0 Å². The molecule has 0 aliphatic heterocycles. The van der Waals surface area contributed by atoms with Gasteiger partial charge in [0, 0.05) is 95.3 Å². The summed E-state index contributed by atoms with van der Waals surface area (Å²) in [4.78, 5) is 31.2. The lowest BCUT2D eigenvalue weighted by molar-refractivity contribution is 1.07. The smallest absolute Gasteiger partial charge is 0.166 e. The zero-order valence-electron chi connectivity index (χ0n) is 63.0. The molecule has 0 saturated carbocycles. The number of halogens is 1. The summed E-state index contributed by atoms with van der Waals surface area (Å²) in [7, 11) is 0. The third-order valence-corrected chi connectivity index (χ3v) is 25.6. The number of aromatic nitrogens is 7. The van der Waals surface area contributed by atoms with Crippen molar-refractivity contribution in [3.63, 3.8) is 0 Å². The third-order valence-electron chi connectivity index (χ3n) is 22.7. The van der Waals surface area contributed by atoms with Gasteiger partial charge in [-0.25, -0.2) is 29.9 Å². The lowest BCUT2D eigenvalue weighted by atomic mass is 10.0. The Balaban J connectivity index is 0.000000121. The van der Waals surface area contributed by atoms with Crippen molar-refractivity contribution in [2.45, 2.75) is 6.42 Å². The molecule has 18 aromatic carbocycles. The van der Waals surface area contributed by atoms with E-state index in [2.05, 4.69) is 356 Å². The number of rotatable bonds is 9. The van der Waals surface area contributed by atoms with Gasteiger partial charge in [-0.15, -0.1) is 22.7 Å². The molecule has 0 amide bonds. The van der Waals surface area contributed by atoms with Crippen LogP contribution in [0.1, 0.15) is 11.1 Å². The summed E-state index contributed by atoms with van der Waals surface area (Å²) in [5.74, 6) is 3.69. The summed E-state index contributed by atoms with van der Waals surface area (Å²) in [6.07, 6.45) is 1.08. The Morgan fingerprint density at radius 1 is 0.222 bits per heavy atom. The Morgan fingerprint density at radius 3 is 1.20 bits per heavy atom. The summed E-state index contributed by atoms with van der Waals surface area (Å²) in [5, 5.41) is 17.3. The van der Waals surface area contributed by atoms with Gasteiger partial charge in [-0.1, -0.05) is 339 Å². The fraction of sp³-hybridized carbons (Fsp3) is 0.00935. The molecule has 7 nitrogen and oxygen atoms in total. The largest absolute Gasteiger partial charge is 0.308 e. The molecule has 1 aliphatic carbocycles. The molecular formula is C107H66ClN7S2. The first kappa shape index (κ1) is 69.3. The van der Waals surface area contributed by atoms with E-state index in [1.54, 1.807) is 22.7 Å². The van der Waals surface area contributed by atoms with E-state index in [1.807, 2.05) is 36.4 Å². The molecule has 0 radical (unpaired) electrons. The normalized spacial score (nSPS) is 11.8. The molecule has 0 bridgehead atoms. The van der Waals surface area contributed by atoms with Crippen LogP contribution in [-0.4, -0.2) is 34.5 Å². The third kappa shape index (κ3) is 12.5. The summed E-state index contributed by atoms with van der Waals surface area (Å²) in [6.45, 7) is 0. The molecule has 5 aromatic heterocycles.